The summed E-state index contributed by atoms with van der Waals surface area (Å²) in [5.41, 5.74) is 0.323. The molecule has 0 aromatic heterocycles. The van der Waals surface area contributed by atoms with E-state index in [9.17, 15) is 9.59 Å². The molecule has 0 fully saturated rings. The van der Waals surface area contributed by atoms with Gasteiger partial charge in [0.15, 0.2) is 0 Å². The molecular formula is C19H28O4. The Balaban J connectivity index is 4.97. The molecule has 0 bridgehead atoms. The number of esters is 2. The third kappa shape index (κ3) is 10.3. The molecule has 0 saturated carbocycles. The molecule has 0 aromatic rings. The first-order chi connectivity index (χ1) is 10.6. The number of hydrogen-bond donors (Lipinski definition) is 0. The Kier molecular flexibility index (Phi) is 8.93. The highest BCUT2D eigenvalue weighted by atomic mass is 16.6. The Morgan fingerprint density at radius 2 is 1.74 bits per heavy atom. The Morgan fingerprint density at radius 1 is 1.13 bits per heavy atom. The van der Waals surface area contributed by atoms with Gasteiger partial charge in [0.1, 0.15) is 11.4 Å². The molecule has 1 atom stereocenters. The van der Waals surface area contributed by atoms with Crippen molar-refractivity contribution >= 4 is 11.9 Å². The number of carbonyl (C=O) groups is 2. The fourth-order valence-corrected chi connectivity index (χ4v) is 1.82. The van der Waals surface area contributed by atoms with Crippen molar-refractivity contribution in [3.05, 3.63) is 48.3 Å². The van der Waals surface area contributed by atoms with Crippen LogP contribution < -0.4 is 0 Å². The molecular weight excluding hydrogens is 292 g/mol. The third-order valence-corrected chi connectivity index (χ3v) is 3.00. The summed E-state index contributed by atoms with van der Waals surface area (Å²) in [5, 5.41) is 0. The van der Waals surface area contributed by atoms with Crippen LogP contribution in [-0.4, -0.2) is 17.5 Å². The average molecular weight is 320 g/mol. The van der Waals surface area contributed by atoms with Crippen LogP contribution >= 0.6 is 0 Å². The summed E-state index contributed by atoms with van der Waals surface area (Å²) >= 11 is 0. The second kappa shape index (κ2) is 9.82. The Hall–Kier alpha value is -2.10. The number of carbonyl (C=O) groups excluding carboxylic acids is 2. The molecule has 0 amide bonds. The third-order valence-electron chi connectivity index (χ3n) is 3.00. The van der Waals surface area contributed by atoms with E-state index in [-0.39, 0.29) is 17.9 Å². The normalized spacial score (nSPS) is 14.5. The largest absolute Gasteiger partial charge is 0.456 e. The van der Waals surface area contributed by atoms with Crippen molar-refractivity contribution in [2.75, 3.05) is 0 Å². The van der Waals surface area contributed by atoms with Crippen LogP contribution in [0.25, 0.3) is 0 Å². The van der Waals surface area contributed by atoms with E-state index in [0.29, 0.717) is 12.2 Å². The van der Waals surface area contributed by atoms with Crippen molar-refractivity contribution in [1.29, 1.82) is 0 Å². The minimum atomic E-state index is -0.657. The van der Waals surface area contributed by atoms with E-state index in [4.69, 9.17) is 9.47 Å². The zero-order chi connectivity index (χ0) is 18.0. The van der Waals surface area contributed by atoms with Crippen LogP contribution in [-0.2, 0) is 19.1 Å². The lowest BCUT2D eigenvalue weighted by Gasteiger charge is -2.20. The highest BCUT2D eigenvalue weighted by molar-refractivity contribution is 5.67. The van der Waals surface area contributed by atoms with Crippen LogP contribution in [0.3, 0.4) is 0 Å². The SMILES string of the molecule is C=C/C(C)=C/C=C(\OC(C)=O)C(C)C/C=C/C(C)(C)OC(C)=O. The Morgan fingerprint density at radius 3 is 2.22 bits per heavy atom. The monoisotopic (exact) mass is 320 g/mol. The van der Waals surface area contributed by atoms with Gasteiger partial charge in [0.25, 0.3) is 0 Å². The number of hydrogen-bond acceptors (Lipinski definition) is 4. The van der Waals surface area contributed by atoms with Crippen LogP contribution in [0.15, 0.2) is 48.3 Å². The zero-order valence-electron chi connectivity index (χ0n) is 15.0. The lowest BCUT2D eigenvalue weighted by atomic mass is 10.0. The fourth-order valence-electron chi connectivity index (χ4n) is 1.82. The minimum Gasteiger partial charge on any atom is -0.456 e. The molecule has 0 heterocycles. The van der Waals surface area contributed by atoms with Crippen molar-refractivity contribution in [3.63, 3.8) is 0 Å². The average Bonchev–Trinajstić information content (AvgIpc) is 2.40. The summed E-state index contributed by atoms with van der Waals surface area (Å²) in [5.74, 6) is -0.0685. The maximum atomic E-state index is 11.2. The van der Waals surface area contributed by atoms with Crippen LogP contribution in [0, 0.1) is 5.92 Å². The maximum absolute atomic E-state index is 11.2. The predicted molar refractivity (Wildman–Crippen MR) is 92.6 cm³/mol. The Bertz CT molecular complexity index is 521. The van der Waals surface area contributed by atoms with Crippen LogP contribution in [0.2, 0.25) is 0 Å². The van der Waals surface area contributed by atoms with Gasteiger partial charge in [0.05, 0.1) is 0 Å². The summed E-state index contributed by atoms with van der Waals surface area (Å²) in [6, 6.07) is 0. The fraction of sp³-hybridized carbons (Fsp3) is 0.474. The van der Waals surface area contributed by atoms with Crippen molar-refractivity contribution in [2.45, 2.75) is 53.6 Å². The molecule has 0 spiro atoms. The predicted octanol–water partition coefficient (Wildman–Crippen LogP) is 4.49. The first kappa shape index (κ1) is 20.9. The van der Waals surface area contributed by atoms with E-state index in [0.717, 1.165) is 5.57 Å². The maximum Gasteiger partial charge on any atom is 0.307 e. The topological polar surface area (TPSA) is 52.6 Å². The summed E-state index contributed by atoms with van der Waals surface area (Å²) < 4.78 is 10.5. The van der Waals surface area contributed by atoms with Gasteiger partial charge in [-0.15, -0.1) is 0 Å². The smallest absolute Gasteiger partial charge is 0.307 e. The van der Waals surface area contributed by atoms with Crippen LogP contribution in [0.1, 0.15) is 48.0 Å². The van der Waals surface area contributed by atoms with Crippen molar-refractivity contribution in [2.24, 2.45) is 5.92 Å². The van der Waals surface area contributed by atoms with Gasteiger partial charge in [-0.25, -0.2) is 0 Å². The molecule has 0 N–H and O–H groups in total. The summed E-state index contributed by atoms with van der Waals surface area (Å²) in [4.78, 5) is 22.3. The first-order valence-electron chi connectivity index (χ1n) is 7.64. The van der Waals surface area contributed by atoms with Gasteiger partial charge in [-0.2, -0.15) is 0 Å². The number of ether oxygens (including phenoxy) is 2. The first-order valence-corrected chi connectivity index (χ1v) is 7.64. The quantitative estimate of drug-likeness (QED) is 0.286. The van der Waals surface area contributed by atoms with Gasteiger partial charge in [0.2, 0.25) is 0 Å². The van der Waals surface area contributed by atoms with Gasteiger partial charge in [-0.05, 0) is 39.3 Å². The van der Waals surface area contributed by atoms with E-state index in [1.807, 2.05) is 45.9 Å². The lowest BCUT2D eigenvalue weighted by molar-refractivity contribution is -0.149. The molecule has 4 nitrogen and oxygen atoms in total. The lowest BCUT2D eigenvalue weighted by Crippen LogP contribution is -2.24. The summed E-state index contributed by atoms with van der Waals surface area (Å²) in [7, 11) is 0. The molecule has 128 valence electrons. The van der Waals surface area contributed by atoms with Gasteiger partial charge in [0, 0.05) is 19.8 Å². The molecule has 0 rings (SSSR count). The molecule has 0 aliphatic heterocycles. The molecule has 1 unspecified atom stereocenters. The molecule has 0 aliphatic carbocycles. The zero-order valence-corrected chi connectivity index (χ0v) is 15.0. The van der Waals surface area contributed by atoms with Gasteiger partial charge in [-0.3, -0.25) is 9.59 Å². The molecule has 4 heteroatoms. The highest BCUT2D eigenvalue weighted by Crippen LogP contribution is 2.19. The highest BCUT2D eigenvalue weighted by Gasteiger charge is 2.17. The Labute approximate surface area is 139 Å². The number of rotatable bonds is 8. The van der Waals surface area contributed by atoms with E-state index in [2.05, 4.69) is 6.58 Å². The van der Waals surface area contributed by atoms with Crippen molar-refractivity contribution < 1.29 is 19.1 Å². The van der Waals surface area contributed by atoms with E-state index in [1.165, 1.54) is 13.8 Å². The molecule has 0 radical (unpaired) electrons. The second-order valence-electron chi connectivity index (χ2n) is 6.01. The van der Waals surface area contributed by atoms with Crippen molar-refractivity contribution in [3.8, 4) is 0 Å². The van der Waals surface area contributed by atoms with Gasteiger partial charge >= 0.3 is 11.9 Å². The van der Waals surface area contributed by atoms with Crippen LogP contribution in [0.5, 0.6) is 0 Å². The second-order valence-corrected chi connectivity index (χ2v) is 6.01. The van der Waals surface area contributed by atoms with E-state index < -0.39 is 5.60 Å². The molecule has 0 aromatic carbocycles. The van der Waals surface area contributed by atoms with Crippen molar-refractivity contribution in [1.82, 2.24) is 0 Å². The minimum absolute atomic E-state index is 0.0112. The van der Waals surface area contributed by atoms with Crippen LogP contribution in [0.4, 0.5) is 0 Å². The molecule has 23 heavy (non-hydrogen) atoms. The van der Waals surface area contributed by atoms with E-state index >= 15 is 0 Å². The summed E-state index contributed by atoms with van der Waals surface area (Å²) in [6.45, 7) is 14.0. The molecule has 0 aliphatic rings. The van der Waals surface area contributed by atoms with E-state index in [1.54, 1.807) is 12.2 Å². The standard InChI is InChI=1S/C19H28O4/c1-8-14(2)11-12-18(22-16(4)20)15(3)10-9-13-19(6,7)23-17(5)21/h8-9,11-13,15H,1,10H2,2-7H3/b13-9+,14-11+,18-12-. The van der Waals surface area contributed by atoms with Gasteiger partial charge < -0.3 is 9.47 Å². The molecule has 0 saturated heterocycles. The number of allylic oxidation sites excluding steroid dienone is 6. The summed E-state index contributed by atoms with van der Waals surface area (Å²) in [6.07, 6.45) is 9.79. The van der Waals surface area contributed by atoms with Gasteiger partial charge in [-0.1, -0.05) is 37.3 Å².